The number of anilines is 3. The van der Waals surface area contributed by atoms with Gasteiger partial charge in [0.25, 0.3) is 0 Å². The number of halogens is 1. The van der Waals surface area contributed by atoms with Crippen LogP contribution < -0.4 is 16.3 Å². The van der Waals surface area contributed by atoms with Gasteiger partial charge in [0.1, 0.15) is 12.4 Å². The first-order chi connectivity index (χ1) is 15.9. The molecule has 0 saturated carbocycles. The van der Waals surface area contributed by atoms with Crippen molar-refractivity contribution in [2.45, 2.75) is 13.0 Å². The third-order valence-corrected chi connectivity index (χ3v) is 5.19. The molecule has 0 saturated heterocycles. The minimum atomic E-state index is -1.18. The van der Waals surface area contributed by atoms with Gasteiger partial charge in [-0.3, -0.25) is 9.36 Å². The number of nitrogens with one attached hydrogen (secondary N) is 3. The number of aromatic amines is 1. The van der Waals surface area contributed by atoms with E-state index in [0.717, 1.165) is 27.4 Å². The number of carboxylic acid groups (broad SMARTS) is 1. The lowest BCUT2D eigenvalue weighted by atomic mass is 10.3. The van der Waals surface area contributed by atoms with Crippen molar-refractivity contribution in [2.75, 3.05) is 17.2 Å². The van der Waals surface area contributed by atoms with Gasteiger partial charge in [-0.1, -0.05) is 0 Å². The van der Waals surface area contributed by atoms with Crippen LogP contribution in [0.25, 0.3) is 5.69 Å². The zero-order valence-corrected chi connectivity index (χ0v) is 18.7. The lowest BCUT2D eigenvalue weighted by molar-refractivity contribution is -0.137. The number of H-pyrrole nitrogens is 1. The second-order valence-corrected chi connectivity index (χ2v) is 7.80. The SMILES string of the molecule is O=C(O)Cn1cc(O)n(-c2ccc(Nc3ncc(Br)c(NCCc4cnc[nH]4)n3)cc2)c1=O. The maximum absolute atomic E-state index is 12.4. The number of carboxylic acids is 1. The Morgan fingerprint density at radius 2 is 2.00 bits per heavy atom. The molecule has 0 atom stereocenters. The highest BCUT2D eigenvalue weighted by atomic mass is 79.9. The van der Waals surface area contributed by atoms with Crippen molar-refractivity contribution >= 4 is 39.4 Å². The zero-order chi connectivity index (χ0) is 23.4. The number of aliphatic carboxylic acids is 1. The third-order valence-electron chi connectivity index (χ3n) is 4.61. The monoisotopic (exact) mass is 514 g/mol. The standard InChI is InChI=1S/C20H19BrN8O4/c21-15-8-24-19(27-18(15)23-6-5-13-7-22-11-25-13)26-12-1-3-14(4-2-12)29-16(30)9-28(20(29)33)10-17(31)32/h1-4,7-9,11,30H,5-6,10H2,(H,22,25)(H,31,32)(H2,23,24,26,27). The number of hydrogen-bond donors (Lipinski definition) is 5. The molecular formula is C20H19BrN8O4. The Morgan fingerprint density at radius 1 is 1.21 bits per heavy atom. The van der Waals surface area contributed by atoms with Gasteiger partial charge in [-0.05, 0) is 40.2 Å². The van der Waals surface area contributed by atoms with Gasteiger partial charge in [0.15, 0.2) is 0 Å². The number of aromatic hydroxyl groups is 1. The predicted molar refractivity (Wildman–Crippen MR) is 123 cm³/mol. The summed E-state index contributed by atoms with van der Waals surface area (Å²) in [6.07, 6.45) is 6.86. The number of benzene rings is 1. The predicted octanol–water partition coefficient (Wildman–Crippen LogP) is 2.10. The maximum atomic E-state index is 12.4. The smallest absolute Gasteiger partial charge is 0.336 e. The van der Waals surface area contributed by atoms with E-state index >= 15 is 0 Å². The summed E-state index contributed by atoms with van der Waals surface area (Å²) in [7, 11) is 0. The maximum Gasteiger partial charge on any atom is 0.336 e. The van der Waals surface area contributed by atoms with E-state index in [2.05, 4.69) is 46.5 Å². The highest BCUT2D eigenvalue weighted by Crippen LogP contribution is 2.23. The van der Waals surface area contributed by atoms with Crippen LogP contribution in [0.3, 0.4) is 0 Å². The number of nitrogens with zero attached hydrogens (tertiary/aromatic N) is 5. The molecule has 0 aliphatic rings. The second kappa shape index (κ2) is 9.56. The molecule has 5 N–H and O–H groups in total. The summed E-state index contributed by atoms with van der Waals surface area (Å²) >= 11 is 3.43. The summed E-state index contributed by atoms with van der Waals surface area (Å²) in [6, 6.07) is 6.59. The summed E-state index contributed by atoms with van der Waals surface area (Å²) in [4.78, 5) is 39.0. The van der Waals surface area contributed by atoms with Crippen LogP contribution in [-0.4, -0.2) is 51.8 Å². The fraction of sp³-hybridized carbons (Fsp3) is 0.150. The summed E-state index contributed by atoms with van der Waals surface area (Å²) in [6.45, 7) is 0.101. The first-order valence-electron chi connectivity index (χ1n) is 9.75. The molecule has 1 aromatic carbocycles. The fourth-order valence-corrected chi connectivity index (χ4v) is 3.42. The lowest BCUT2D eigenvalue weighted by Gasteiger charge is -2.10. The van der Waals surface area contributed by atoms with Gasteiger partial charge in [0.05, 0.1) is 22.7 Å². The van der Waals surface area contributed by atoms with Crippen LogP contribution in [0.2, 0.25) is 0 Å². The van der Waals surface area contributed by atoms with Crippen molar-refractivity contribution in [3.63, 3.8) is 0 Å². The second-order valence-electron chi connectivity index (χ2n) is 6.94. The van der Waals surface area contributed by atoms with E-state index in [0.29, 0.717) is 34.2 Å². The molecule has 3 aromatic heterocycles. The topological polar surface area (TPSA) is 163 Å². The van der Waals surface area contributed by atoms with Crippen molar-refractivity contribution in [1.82, 2.24) is 29.1 Å². The summed E-state index contributed by atoms with van der Waals surface area (Å²) in [5, 5.41) is 25.3. The van der Waals surface area contributed by atoms with E-state index in [1.165, 1.54) is 0 Å². The van der Waals surface area contributed by atoms with Gasteiger partial charge >= 0.3 is 11.7 Å². The van der Waals surface area contributed by atoms with Gasteiger partial charge < -0.3 is 25.8 Å². The van der Waals surface area contributed by atoms with Crippen molar-refractivity contribution in [3.8, 4) is 11.6 Å². The molecule has 0 amide bonds. The summed E-state index contributed by atoms with van der Waals surface area (Å²) < 4.78 is 2.65. The average molecular weight is 515 g/mol. The Balaban J connectivity index is 1.45. The largest absolute Gasteiger partial charge is 0.493 e. The number of carbonyl (C=O) groups is 1. The normalized spacial score (nSPS) is 10.8. The van der Waals surface area contributed by atoms with E-state index in [1.54, 1.807) is 43.0 Å². The number of imidazole rings is 2. The number of aromatic nitrogens is 6. The van der Waals surface area contributed by atoms with Gasteiger partial charge in [0, 0.05) is 36.7 Å². The highest BCUT2D eigenvalue weighted by Gasteiger charge is 2.14. The van der Waals surface area contributed by atoms with Crippen LogP contribution in [-0.2, 0) is 17.8 Å². The highest BCUT2D eigenvalue weighted by molar-refractivity contribution is 9.10. The van der Waals surface area contributed by atoms with Crippen LogP contribution >= 0.6 is 15.9 Å². The van der Waals surface area contributed by atoms with Gasteiger partial charge in [-0.15, -0.1) is 0 Å². The summed E-state index contributed by atoms with van der Waals surface area (Å²) in [5.41, 5.74) is 1.39. The average Bonchev–Trinajstić information content (AvgIpc) is 3.39. The molecule has 0 radical (unpaired) electrons. The van der Waals surface area contributed by atoms with E-state index in [-0.39, 0.29) is 5.88 Å². The number of rotatable bonds is 9. The number of hydrogen-bond acceptors (Lipinski definition) is 8. The molecule has 0 aliphatic carbocycles. The van der Waals surface area contributed by atoms with Crippen molar-refractivity contribution in [3.05, 3.63) is 69.8 Å². The molecule has 0 aliphatic heterocycles. The third kappa shape index (κ3) is 5.20. The van der Waals surface area contributed by atoms with Crippen LogP contribution in [0.1, 0.15) is 5.69 Å². The molecule has 0 bridgehead atoms. The van der Waals surface area contributed by atoms with E-state index in [1.807, 2.05) is 0 Å². The molecule has 3 heterocycles. The van der Waals surface area contributed by atoms with Crippen molar-refractivity contribution < 1.29 is 15.0 Å². The quantitative estimate of drug-likeness (QED) is 0.225. The summed E-state index contributed by atoms with van der Waals surface area (Å²) in [5.74, 6) is -0.551. The van der Waals surface area contributed by atoms with Crippen LogP contribution in [0.4, 0.5) is 17.5 Å². The molecule has 4 aromatic rings. The zero-order valence-electron chi connectivity index (χ0n) is 17.1. The first-order valence-corrected chi connectivity index (χ1v) is 10.5. The Morgan fingerprint density at radius 3 is 2.70 bits per heavy atom. The van der Waals surface area contributed by atoms with Crippen LogP contribution in [0.5, 0.6) is 5.88 Å². The Hall–Kier alpha value is -4.13. The van der Waals surface area contributed by atoms with E-state index < -0.39 is 18.2 Å². The lowest BCUT2D eigenvalue weighted by Crippen LogP contribution is -2.25. The molecule has 12 nitrogen and oxygen atoms in total. The molecule has 13 heteroatoms. The van der Waals surface area contributed by atoms with E-state index in [9.17, 15) is 14.7 Å². The van der Waals surface area contributed by atoms with Crippen molar-refractivity contribution in [2.24, 2.45) is 0 Å². The minimum Gasteiger partial charge on any atom is -0.493 e. The Labute approximate surface area is 195 Å². The van der Waals surface area contributed by atoms with Gasteiger partial charge in [-0.25, -0.2) is 19.3 Å². The first kappa shape index (κ1) is 22.1. The molecule has 33 heavy (non-hydrogen) atoms. The van der Waals surface area contributed by atoms with Crippen molar-refractivity contribution in [1.29, 1.82) is 0 Å². The van der Waals surface area contributed by atoms with Crippen LogP contribution in [0, 0.1) is 0 Å². The molecule has 170 valence electrons. The fourth-order valence-electron chi connectivity index (χ4n) is 3.09. The molecular weight excluding hydrogens is 496 g/mol. The van der Waals surface area contributed by atoms with Gasteiger partial charge in [0.2, 0.25) is 11.8 Å². The molecule has 0 spiro atoms. The molecule has 0 unspecified atom stereocenters. The van der Waals surface area contributed by atoms with Crippen LogP contribution in [0.15, 0.2) is 58.5 Å². The van der Waals surface area contributed by atoms with Gasteiger partial charge in [-0.2, -0.15) is 4.98 Å². The molecule has 4 rings (SSSR count). The Kier molecular flexibility index (Phi) is 6.40. The minimum absolute atomic E-state index is 0.357. The van der Waals surface area contributed by atoms with E-state index in [4.69, 9.17) is 5.11 Å². The molecule has 0 fully saturated rings. The Bertz CT molecular complexity index is 1320.